The Morgan fingerprint density at radius 2 is 1.97 bits per heavy atom. The van der Waals surface area contributed by atoms with Gasteiger partial charge in [0.15, 0.2) is 0 Å². The normalized spacial score (nSPS) is 15.6. The number of rotatable bonds is 7. The lowest BCUT2D eigenvalue weighted by atomic mass is 10.1. The highest BCUT2D eigenvalue weighted by Gasteiger charge is 2.26. The van der Waals surface area contributed by atoms with Gasteiger partial charge in [-0.15, -0.1) is 11.3 Å². The van der Waals surface area contributed by atoms with Crippen LogP contribution in [0.25, 0.3) is 0 Å². The van der Waals surface area contributed by atoms with Crippen molar-refractivity contribution in [2.75, 3.05) is 39.9 Å². The largest absolute Gasteiger partial charge is 0.379 e. The van der Waals surface area contributed by atoms with Gasteiger partial charge in [-0.3, -0.25) is 9.69 Å². The molecule has 1 amide bonds. The molecule has 0 aliphatic carbocycles. The van der Waals surface area contributed by atoms with Crippen LogP contribution >= 0.6 is 23.1 Å². The molecule has 0 unspecified atom stereocenters. The number of likely N-dealkylation sites (N-methyl/N-ethyl adjacent to an activating group) is 1. The molecule has 0 bridgehead atoms. The standard InChI is InChI=1S/C23H25N3O2S2/c1-25(17-20(21-5-4-16-29-21)26-12-14-28-15-13-26)23(27)18-7-9-19(10-8-18)30-22-6-2-3-11-24-22/h2-11,16,20H,12-15,17H2,1H3/t20-/m0/s1. The molecule has 1 fully saturated rings. The van der Waals surface area contributed by atoms with Gasteiger partial charge in [0.1, 0.15) is 5.03 Å². The predicted molar refractivity (Wildman–Crippen MR) is 121 cm³/mol. The maximum atomic E-state index is 13.1. The van der Waals surface area contributed by atoms with Gasteiger partial charge >= 0.3 is 0 Å². The molecule has 7 heteroatoms. The molecule has 2 aromatic heterocycles. The first kappa shape index (κ1) is 21.1. The molecule has 0 spiro atoms. The highest BCUT2D eigenvalue weighted by Crippen LogP contribution is 2.28. The summed E-state index contributed by atoms with van der Waals surface area (Å²) in [6.45, 7) is 3.93. The van der Waals surface area contributed by atoms with E-state index in [1.165, 1.54) is 4.88 Å². The molecular formula is C23H25N3O2S2. The van der Waals surface area contributed by atoms with Crippen LogP contribution in [-0.4, -0.2) is 60.6 Å². The smallest absolute Gasteiger partial charge is 0.253 e. The Morgan fingerprint density at radius 1 is 1.17 bits per heavy atom. The fourth-order valence-corrected chi connectivity index (χ4v) is 5.14. The summed E-state index contributed by atoms with van der Waals surface area (Å²) in [6, 6.07) is 18.1. The number of ether oxygens (including phenoxy) is 1. The Balaban J connectivity index is 1.42. The summed E-state index contributed by atoms with van der Waals surface area (Å²) < 4.78 is 5.52. The van der Waals surface area contributed by atoms with Crippen molar-refractivity contribution < 1.29 is 9.53 Å². The van der Waals surface area contributed by atoms with Crippen LogP contribution in [0.3, 0.4) is 0 Å². The average molecular weight is 440 g/mol. The molecule has 1 atom stereocenters. The molecule has 156 valence electrons. The zero-order valence-electron chi connectivity index (χ0n) is 16.9. The molecule has 0 radical (unpaired) electrons. The molecular weight excluding hydrogens is 414 g/mol. The van der Waals surface area contributed by atoms with E-state index in [-0.39, 0.29) is 11.9 Å². The second kappa shape index (κ2) is 10.2. The number of amides is 1. The number of carbonyl (C=O) groups excluding carboxylic acids is 1. The van der Waals surface area contributed by atoms with Gasteiger partial charge in [0.05, 0.1) is 19.3 Å². The fourth-order valence-electron chi connectivity index (χ4n) is 3.51. The molecule has 1 aliphatic rings. The first-order chi connectivity index (χ1) is 14.7. The van der Waals surface area contributed by atoms with Crippen molar-refractivity contribution in [3.05, 3.63) is 76.6 Å². The van der Waals surface area contributed by atoms with Gasteiger partial charge in [-0.05, 0) is 47.8 Å². The van der Waals surface area contributed by atoms with Gasteiger partial charge in [-0.25, -0.2) is 4.98 Å². The van der Waals surface area contributed by atoms with Crippen molar-refractivity contribution in [3.63, 3.8) is 0 Å². The van der Waals surface area contributed by atoms with E-state index < -0.39 is 0 Å². The zero-order chi connectivity index (χ0) is 20.8. The molecule has 1 aliphatic heterocycles. The number of aromatic nitrogens is 1. The number of carbonyl (C=O) groups is 1. The summed E-state index contributed by atoms with van der Waals surface area (Å²) in [7, 11) is 1.89. The van der Waals surface area contributed by atoms with Crippen molar-refractivity contribution in [2.24, 2.45) is 0 Å². The summed E-state index contributed by atoms with van der Waals surface area (Å²) in [5, 5.41) is 3.04. The predicted octanol–water partition coefficient (Wildman–Crippen LogP) is 4.44. The van der Waals surface area contributed by atoms with Crippen molar-refractivity contribution in [2.45, 2.75) is 16.0 Å². The maximum absolute atomic E-state index is 13.1. The van der Waals surface area contributed by atoms with Gasteiger partial charge in [-0.1, -0.05) is 23.9 Å². The Bertz CT molecular complexity index is 927. The summed E-state index contributed by atoms with van der Waals surface area (Å²) in [5.74, 6) is 0.0409. The lowest BCUT2D eigenvalue weighted by Crippen LogP contribution is -2.44. The molecule has 30 heavy (non-hydrogen) atoms. The van der Waals surface area contributed by atoms with Gasteiger partial charge in [0.25, 0.3) is 5.91 Å². The van der Waals surface area contributed by atoms with Gasteiger partial charge < -0.3 is 9.64 Å². The summed E-state index contributed by atoms with van der Waals surface area (Å²) in [4.78, 5) is 24.0. The van der Waals surface area contributed by atoms with Crippen LogP contribution in [0.4, 0.5) is 0 Å². The Labute approximate surface area is 185 Å². The lowest BCUT2D eigenvalue weighted by Gasteiger charge is -2.36. The molecule has 3 aromatic rings. The monoisotopic (exact) mass is 439 g/mol. The van der Waals surface area contributed by atoms with E-state index >= 15 is 0 Å². The lowest BCUT2D eigenvalue weighted by molar-refractivity contribution is 0.0104. The number of morpholine rings is 1. The number of hydrogen-bond acceptors (Lipinski definition) is 6. The minimum Gasteiger partial charge on any atom is -0.379 e. The van der Waals surface area contributed by atoms with E-state index in [0.29, 0.717) is 12.1 Å². The van der Waals surface area contributed by atoms with E-state index in [2.05, 4.69) is 27.4 Å². The van der Waals surface area contributed by atoms with Crippen LogP contribution in [0, 0.1) is 0 Å². The molecule has 0 N–H and O–H groups in total. The second-order valence-corrected chi connectivity index (χ2v) is 9.23. The van der Waals surface area contributed by atoms with E-state index in [9.17, 15) is 4.79 Å². The minimum absolute atomic E-state index is 0.0409. The Hall–Kier alpha value is -2.19. The van der Waals surface area contributed by atoms with E-state index in [1.54, 1.807) is 29.3 Å². The second-order valence-electron chi connectivity index (χ2n) is 7.16. The van der Waals surface area contributed by atoms with Crippen LogP contribution < -0.4 is 0 Å². The molecule has 1 saturated heterocycles. The minimum atomic E-state index is 0.0409. The number of nitrogens with zero attached hydrogens (tertiary/aromatic N) is 3. The van der Waals surface area contributed by atoms with Crippen molar-refractivity contribution in [1.29, 1.82) is 0 Å². The first-order valence-electron chi connectivity index (χ1n) is 10.0. The molecule has 1 aromatic carbocycles. The maximum Gasteiger partial charge on any atom is 0.253 e. The van der Waals surface area contributed by atoms with Crippen molar-refractivity contribution in [1.82, 2.24) is 14.8 Å². The number of hydrogen-bond donors (Lipinski definition) is 0. The van der Waals surface area contributed by atoms with Gasteiger partial charge in [0.2, 0.25) is 0 Å². The molecule has 3 heterocycles. The third-order valence-electron chi connectivity index (χ3n) is 5.11. The zero-order valence-corrected chi connectivity index (χ0v) is 18.6. The third kappa shape index (κ3) is 5.29. The van der Waals surface area contributed by atoms with Gasteiger partial charge in [0, 0.05) is 48.2 Å². The van der Waals surface area contributed by atoms with Crippen molar-refractivity contribution >= 4 is 29.0 Å². The number of benzene rings is 1. The first-order valence-corrected chi connectivity index (χ1v) is 11.7. The van der Waals surface area contributed by atoms with E-state index in [1.807, 2.05) is 54.4 Å². The summed E-state index contributed by atoms with van der Waals surface area (Å²) in [6.07, 6.45) is 1.79. The van der Waals surface area contributed by atoms with Crippen molar-refractivity contribution in [3.8, 4) is 0 Å². The molecule has 0 saturated carbocycles. The van der Waals surface area contributed by atoms with Gasteiger partial charge in [-0.2, -0.15) is 0 Å². The van der Waals surface area contributed by atoms with Crippen LogP contribution in [0.2, 0.25) is 0 Å². The number of pyridine rings is 1. The quantitative estimate of drug-likeness (QED) is 0.545. The number of thiophene rings is 1. The Kier molecular flexibility index (Phi) is 7.17. The third-order valence-corrected chi connectivity index (χ3v) is 7.05. The highest BCUT2D eigenvalue weighted by molar-refractivity contribution is 7.99. The SMILES string of the molecule is CN(C[C@@H](c1cccs1)N1CCOCC1)C(=O)c1ccc(Sc2ccccn2)cc1. The van der Waals surface area contributed by atoms with Crippen LogP contribution in [-0.2, 0) is 4.74 Å². The van der Waals surface area contributed by atoms with E-state index in [4.69, 9.17) is 4.74 Å². The highest BCUT2D eigenvalue weighted by atomic mass is 32.2. The Morgan fingerprint density at radius 3 is 2.63 bits per heavy atom. The molecule has 5 nitrogen and oxygen atoms in total. The topological polar surface area (TPSA) is 45.7 Å². The van der Waals surface area contributed by atoms with Crippen LogP contribution in [0.1, 0.15) is 21.3 Å². The molecule has 4 rings (SSSR count). The average Bonchev–Trinajstić information content (AvgIpc) is 3.33. The fraction of sp³-hybridized carbons (Fsp3) is 0.304. The van der Waals surface area contributed by atoms with E-state index in [0.717, 1.165) is 36.2 Å². The van der Waals surface area contributed by atoms with Crippen LogP contribution in [0.15, 0.2) is 76.1 Å². The summed E-state index contributed by atoms with van der Waals surface area (Å²) in [5.41, 5.74) is 0.703. The summed E-state index contributed by atoms with van der Waals surface area (Å²) >= 11 is 3.34. The van der Waals surface area contributed by atoms with Crippen LogP contribution in [0.5, 0.6) is 0 Å².